The number of amides is 1. The number of carbonyl (C=O) groups is 1. The molecule has 1 heterocycles. The smallest absolute Gasteiger partial charge is 0.240 e. The van der Waals surface area contributed by atoms with Crippen molar-refractivity contribution in [1.29, 1.82) is 0 Å². The predicted octanol–water partition coefficient (Wildman–Crippen LogP) is 1.41. The monoisotopic (exact) mass is 262 g/mol. The van der Waals surface area contributed by atoms with Crippen molar-refractivity contribution in [3.63, 3.8) is 0 Å². The Kier molecular flexibility index (Phi) is 5.36. The standard InChI is InChI=1S/C15H22N2O2/c1-2-19-11-10-17-12-16-14(15(17)18)9-8-13-6-4-3-5-7-13/h3-7,14,16H,2,8-12H2,1H3. The molecule has 4 nitrogen and oxygen atoms in total. The summed E-state index contributed by atoms with van der Waals surface area (Å²) in [6, 6.07) is 10.2. The van der Waals surface area contributed by atoms with Gasteiger partial charge in [-0.25, -0.2) is 0 Å². The van der Waals surface area contributed by atoms with E-state index < -0.39 is 0 Å². The van der Waals surface area contributed by atoms with E-state index in [9.17, 15) is 4.79 Å². The molecule has 1 saturated heterocycles. The van der Waals surface area contributed by atoms with Gasteiger partial charge in [-0.15, -0.1) is 0 Å². The normalized spacial score (nSPS) is 19.1. The van der Waals surface area contributed by atoms with Crippen molar-refractivity contribution in [2.45, 2.75) is 25.8 Å². The number of benzene rings is 1. The van der Waals surface area contributed by atoms with Gasteiger partial charge in [0.2, 0.25) is 5.91 Å². The topological polar surface area (TPSA) is 41.6 Å². The van der Waals surface area contributed by atoms with Gasteiger partial charge in [0.05, 0.1) is 19.3 Å². The number of hydrogen-bond donors (Lipinski definition) is 1. The van der Waals surface area contributed by atoms with Crippen molar-refractivity contribution in [3.05, 3.63) is 35.9 Å². The number of hydrogen-bond acceptors (Lipinski definition) is 3. The van der Waals surface area contributed by atoms with Crippen LogP contribution in [0.1, 0.15) is 18.9 Å². The minimum Gasteiger partial charge on any atom is -0.380 e. The first-order valence-electron chi connectivity index (χ1n) is 6.95. The number of nitrogens with one attached hydrogen (secondary N) is 1. The van der Waals surface area contributed by atoms with Gasteiger partial charge in [-0.2, -0.15) is 0 Å². The largest absolute Gasteiger partial charge is 0.380 e. The van der Waals surface area contributed by atoms with Gasteiger partial charge < -0.3 is 9.64 Å². The Morgan fingerprint density at radius 3 is 2.89 bits per heavy atom. The van der Waals surface area contributed by atoms with Crippen LogP contribution in [0.3, 0.4) is 0 Å². The number of rotatable bonds is 7. The summed E-state index contributed by atoms with van der Waals surface area (Å²) in [6.45, 7) is 4.61. The molecule has 0 radical (unpaired) electrons. The third kappa shape index (κ3) is 4.04. The average molecular weight is 262 g/mol. The molecule has 0 aliphatic carbocycles. The van der Waals surface area contributed by atoms with E-state index in [1.807, 2.05) is 30.0 Å². The molecule has 1 aromatic rings. The van der Waals surface area contributed by atoms with Gasteiger partial charge >= 0.3 is 0 Å². The summed E-state index contributed by atoms with van der Waals surface area (Å²) in [6.07, 6.45) is 1.79. The Labute approximate surface area is 114 Å². The highest BCUT2D eigenvalue weighted by atomic mass is 16.5. The van der Waals surface area contributed by atoms with Crippen molar-refractivity contribution < 1.29 is 9.53 Å². The lowest BCUT2D eigenvalue weighted by molar-refractivity contribution is -0.129. The van der Waals surface area contributed by atoms with E-state index in [0.717, 1.165) is 12.8 Å². The van der Waals surface area contributed by atoms with Gasteiger partial charge in [-0.3, -0.25) is 10.1 Å². The van der Waals surface area contributed by atoms with Crippen LogP contribution in [-0.2, 0) is 16.0 Å². The van der Waals surface area contributed by atoms with E-state index >= 15 is 0 Å². The zero-order valence-corrected chi connectivity index (χ0v) is 11.5. The average Bonchev–Trinajstić information content (AvgIpc) is 2.79. The fourth-order valence-corrected chi connectivity index (χ4v) is 2.30. The molecular weight excluding hydrogens is 240 g/mol. The zero-order valence-electron chi connectivity index (χ0n) is 11.5. The molecule has 1 aliphatic heterocycles. The Morgan fingerprint density at radius 1 is 1.37 bits per heavy atom. The Morgan fingerprint density at radius 2 is 2.16 bits per heavy atom. The first-order chi connectivity index (χ1) is 9.31. The fraction of sp³-hybridized carbons (Fsp3) is 0.533. The van der Waals surface area contributed by atoms with Gasteiger partial charge in [0.15, 0.2) is 0 Å². The molecule has 1 fully saturated rings. The lowest BCUT2D eigenvalue weighted by Gasteiger charge is -2.15. The van der Waals surface area contributed by atoms with Gasteiger partial charge in [-0.1, -0.05) is 30.3 Å². The lowest BCUT2D eigenvalue weighted by atomic mass is 10.1. The second kappa shape index (κ2) is 7.26. The quantitative estimate of drug-likeness (QED) is 0.756. The van der Waals surface area contributed by atoms with Gasteiger partial charge in [-0.05, 0) is 25.3 Å². The number of nitrogens with zero attached hydrogens (tertiary/aromatic N) is 1. The van der Waals surface area contributed by atoms with E-state index in [1.54, 1.807) is 0 Å². The second-order valence-electron chi connectivity index (χ2n) is 4.74. The Bertz CT molecular complexity index is 394. The van der Waals surface area contributed by atoms with Crippen LogP contribution in [0.4, 0.5) is 0 Å². The van der Waals surface area contributed by atoms with Crippen LogP contribution in [0.5, 0.6) is 0 Å². The van der Waals surface area contributed by atoms with Gasteiger partial charge in [0.25, 0.3) is 0 Å². The molecule has 1 atom stereocenters. The van der Waals surface area contributed by atoms with Crippen molar-refractivity contribution in [2.24, 2.45) is 0 Å². The maximum atomic E-state index is 12.1. The predicted molar refractivity (Wildman–Crippen MR) is 74.8 cm³/mol. The molecule has 1 amide bonds. The summed E-state index contributed by atoms with van der Waals surface area (Å²) in [5.41, 5.74) is 1.28. The zero-order chi connectivity index (χ0) is 13.5. The minimum atomic E-state index is -0.0400. The molecule has 0 bridgehead atoms. The Balaban J connectivity index is 1.75. The van der Waals surface area contributed by atoms with Crippen LogP contribution >= 0.6 is 0 Å². The summed E-state index contributed by atoms with van der Waals surface area (Å²) in [7, 11) is 0. The van der Waals surface area contributed by atoms with E-state index in [1.165, 1.54) is 5.56 Å². The van der Waals surface area contributed by atoms with Gasteiger partial charge in [0, 0.05) is 13.2 Å². The van der Waals surface area contributed by atoms with Crippen LogP contribution < -0.4 is 5.32 Å². The van der Waals surface area contributed by atoms with Crippen molar-refractivity contribution in [1.82, 2.24) is 10.2 Å². The van der Waals surface area contributed by atoms with Crippen LogP contribution in [0.15, 0.2) is 30.3 Å². The van der Waals surface area contributed by atoms with Gasteiger partial charge in [0.1, 0.15) is 0 Å². The third-order valence-corrected chi connectivity index (χ3v) is 3.41. The molecular formula is C15H22N2O2. The molecule has 4 heteroatoms. The van der Waals surface area contributed by atoms with Crippen LogP contribution in [-0.4, -0.2) is 43.3 Å². The Hall–Kier alpha value is -1.39. The molecule has 1 N–H and O–H groups in total. The molecule has 1 unspecified atom stereocenters. The highest BCUT2D eigenvalue weighted by Crippen LogP contribution is 2.11. The molecule has 19 heavy (non-hydrogen) atoms. The molecule has 104 valence electrons. The molecule has 1 aliphatic rings. The number of ether oxygens (including phenoxy) is 1. The summed E-state index contributed by atoms with van der Waals surface area (Å²) in [4.78, 5) is 14.0. The van der Waals surface area contributed by atoms with Crippen molar-refractivity contribution >= 4 is 5.91 Å². The van der Waals surface area contributed by atoms with Crippen LogP contribution in [0.25, 0.3) is 0 Å². The van der Waals surface area contributed by atoms with Crippen molar-refractivity contribution in [3.8, 4) is 0 Å². The lowest BCUT2D eigenvalue weighted by Crippen LogP contribution is -2.33. The van der Waals surface area contributed by atoms with E-state index in [-0.39, 0.29) is 11.9 Å². The third-order valence-electron chi connectivity index (χ3n) is 3.41. The van der Waals surface area contributed by atoms with Crippen molar-refractivity contribution in [2.75, 3.05) is 26.4 Å². The van der Waals surface area contributed by atoms with Crippen LogP contribution in [0, 0.1) is 0 Å². The summed E-state index contributed by atoms with van der Waals surface area (Å²) in [5.74, 6) is 0.204. The SMILES string of the molecule is CCOCCN1CNC(CCc2ccccc2)C1=O. The second-order valence-corrected chi connectivity index (χ2v) is 4.74. The maximum absolute atomic E-state index is 12.1. The minimum absolute atomic E-state index is 0.0400. The summed E-state index contributed by atoms with van der Waals surface area (Å²) in [5, 5.41) is 3.27. The first-order valence-corrected chi connectivity index (χ1v) is 6.95. The maximum Gasteiger partial charge on any atom is 0.240 e. The van der Waals surface area contributed by atoms with E-state index in [0.29, 0.717) is 26.4 Å². The number of aryl methyl sites for hydroxylation is 1. The highest BCUT2D eigenvalue weighted by Gasteiger charge is 2.29. The van der Waals surface area contributed by atoms with E-state index in [4.69, 9.17) is 4.74 Å². The molecule has 0 spiro atoms. The fourth-order valence-electron chi connectivity index (χ4n) is 2.30. The number of carbonyl (C=O) groups excluding carboxylic acids is 1. The highest BCUT2D eigenvalue weighted by molar-refractivity contribution is 5.83. The first kappa shape index (κ1) is 14.0. The van der Waals surface area contributed by atoms with Crippen LogP contribution in [0.2, 0.25) is 0 Å². The molecule has 2 rings (SSSR count). The summed E-state index contributed by atoms with van der Waals surface area (Å²) >= 11 is 0. The molecule has 1 aromatic carbocycles. The molecule has 0 aromatic heterocycles. The summed E-state index contributed by atoms with van der Waals surface area (Å²) < 4.78 is 5.29. The molecule has 0 saturated carbocycles. The van der Waals surface area contributed by atoms with E-state index in [2.05, 4.69) is 17.4 Å².